The number of anilines is 2. The Labute approximate surface area is 245 Å². The van der Waals surface area contributed by atoms with Gasteiger partial charge in [0.25, 0.3) is 0 Å². The van der Waals surface area contributed by atoms with Crippen LogP contribution in [0.25, 0.3) is 11.3 Å². The van der Waals surface area contributed by atoms with Crippen molar-refractivity contribution in [3.63, 3.8) is 0 Å². The van der Waals surface area contributed by atoms with Crippen molar-refractivity contribution >= 4 is 21.7 Å². The van der Waals surface area contributed by atoms with E-state index >= 15 is 4.39 Å². The van der Waals surface area contributed by atoms with Crippen molar-refractivity contribution in [3.8, 4) is 22.8 Å². The Hall–Kier alpha value is -3.31. The fraction of sp³-hybridized carbons (Fsp3) is 0.516. The maximum absolute atomic E-state index is 15.3. The van der Waals surface area contributed by atoms with E-state index < -0.39 is 20.6 Å². The number of ether oxygens (including phenoxy) is 1. The monoisotopic (exact) mass is 592 g/mol. The number of hydrogen-bond acceptors (Lipinski definition) is 8. The molecule has 0 amide bonds. The smallest absolute Gasteiger partial charge is 0.238 e. The lowest BCUT2D eigenvalue weighted by atomic mass is 9.56. The molecule has 0 saturated heterocycles. The molecule has 0 spiro atoms. The molecule has 4 bridgehead atoms. The van der Waals surface area contributed by atoms with Crippen molar-refractivity contribution in [2.24, 2.45) is 23.5 Å². The summed E-state index contributed by atoms with van der Waals surface area (Å²) in [5.41, 5.74) is 7.41. The van der Waals surface area contributed by atoms with Crippen LogP contribution >= 0.6 is 0 Å². The van der Waals surface area contributed by atoms with Gasteiger partial charge in [0.05, 0.1) is 21.7 Å². The lowest BCUT2D eigenvalue weighted by Gasteiger charge is -2.55. The molecule has 5 aliphatic carbocycles. The molecule has 2 aromatic heterocycles. The largest absolute Gasteiger partial charge is 0.453 e. The second-order valence-corrected chi connectivity index (χ2v) is 14.9. The molecular formula is C31H37FN6O3S. The van der Waals surface area contributed by atoms with E-state index in [1.165, 1.54) is 12.1 Å². The highest BCUT2D eigenvalue weighted by Crippen LogP contribution is 2.58. The van der Waals surface area contributed by atoms with Crippen LogP contribution in [0.5, 0.6) is 11.5 Å². The first kappa shape index (κ1) is 27.5. The number of rotatable bonds is 8. The molecule has 4 N–H and O–H groups in total. The second kappa shape index (κ2) is 10.8. The molecule has 8 rings (SSSR count). The molecule has 3 aromatic rings. The van der Waals surface area contributed by atoms with Gasteiger partial charge in [0.2, 0.25) is 16.0 Å². The van der Waals surface area contributed by atoms with Crippen molar-refractivity contribution in [1.82, 2.24) is 15.0 Å². The number of aromatic nitrogens is 3. The number of nitrogens with zero attached hydrogens (tertiary/aromatic N) is 3. The fourth-order valence-electron chi connectivity index (χ4n) is 8.08. The highest BCUT2D eigenvalue weighted by atomic mass is 32.2. The topological polar surface area (TPSA) is 132 Å². The highest BCUT2D eigenvalue weighted by Gasteiger charge is 2.57. The normalized spacial score (nSPS) is 30.2. The zero-order valence-corrected chi connectivity index (χ0v) is 24.3. The Morgan fingerprint density at radius 2 is 1.64 bits per heavy atom. The quantitative estimate of drug-likeness (QED) is 0.296. The molecule has 0 unspecified atom stereocenters. The molecule has 5 fully saturated rings. The number of pyridine rings is 1. The van der Waals surface area contributed by atoms with E-state index in [4.69, 9.17) is 10.5 Å². The summed E-state index contributed by atoms with van der Waals surface area (Å²) in [6.07, 6.45) is 14.3. The van der Waals surface area contributed by atoms with Crippen molar-refractivity contribution in [3.05, 3.63) is 54.7 Å². The van der Waals surface area contributed by atoms with E-state index in [0.29, 0.717) is 60.0 Å². The van der Waals surface area contributed by atoms with Crippen LogP contribution in [0, 0.1) is 23.6 Å². The van der Waals surface area contributed by atoms with Crippen LogP contribution in [0.15, 0.2) is 48.9 Å². The third-order valence-corrected chi connectivity index (χ3v) is 11.9. The Morgan fingerprint density at radius 1 is 0.929 bits per heavy atom. The van der Waals surface area contributed by atoms with Crippen molar-refractivity contribution in [2.75, 3.05) is 10.0 Å². The van der Waals surface area contributed by atoms with Gasteiger partial charge in [-0.15, -0.1) is 0 Å². The standard InChI is InChI=1S/C31H37FN6O3S/c32-26-14-24(38-42(39,40)31-15-19-11-20(16-31)13-21(12-19)17-31)5-6-29(26)41-28-8-9-34-18-25(28)27-7-10-35-30(37-27)36-23-3-1-22(33)2-4-23/h5-10,14,18-23,38H,1-4,11-13,15-17,33H2,(H,35,36,37). The van der Waals surface area contributed by atoms with Gasteiger partial charge >= 0.3 is 0 Å². The average molecular weight is 593 g/mol. The van der Waals surface area contributed by atoms with Gasteiger partial charge in [-0.2, -0.15) is 0 Å². The van der Waals surface area contributed by atoms with Crippen LogP contribution in [-0.4, -0.2) is 40.2 Å². The molecule has 2 heterocycles. The number of hydrogen-bond donors (Lipinski definition) is 3. The Bertz CT molecular complexity index is 1540. The van der Waals surface area contributed by atoms with Gasteiger partial charge in [0.1, 0.15) is 5.75 Å². The predicted molar refractivity (Wildman–Crippen MR) is 159 cm³/mol. The van der Waals surface area contributed by atoms with Crippen LogP contribution in [0.4, 0.5) is 16.0 Å². The Kier molecular flexibility index (Phi) is 7.05. The zero-order valence-electron chi connectivity index (χ0n) is 23.5. The summed E-state index contributed by atoms with van der Waals surface area (Å²) in [5.74, 6) is 1.66. The molecular weight excluding hydrogens is 555 g/mol. The second-order valence-electron chi connectivity index (χ2n) is 12.8. The molecule has 42 heavy (non-hydrogen) atoms. The van der Waals surface area contributed by atoms with E-state index in [1.54, 1.807) is 36.8 Å². The average Bonchev–Trinajstić information content (AvgIpc) is 2.95. The summed E-state index contributed by atoms with van der Waals surface area (Å²) in [7, 11) is -3.67. The lowest BCUT2D eigenvalue weighted by Crippen LogP contribution is -2.56. The van der Waals surface area contributed by atoms with E-state index in [2.05, 4.69) is 25.0 Å². The van der Waals surface area contributed by atoms with Crippen LogP contribution in [0.3, 0.4) is 0 Å². The maximum atomic E-state index is 15.3. The minimum atomic E-state index is -3.67. The predicted octanol–water partition coefficient (Wildman–Crippen LogP) is 5.86. The third kappa shape index (κ3) is 5.32. The van der Waals surface area contributed by atoms with Crippen LogP contribution in [-0.2, 0) is 10.0 Å². The number of nitrogens with two attached hydrogens (primary N) is 1. The van der Waals surface area contributed by atoms with Crippen LogP contribution < -0.4 is 20.5 Å². The summed E-state index contributed by atoms with van der Waals surface area (Å²) in [6, 6.07) is 8.12. The minimum absolute atomic E-state index is 0.0221. The Morgan fingerprint density at radius 3 is 2.33 bits per heavy atom. The molecule has 5 aliphatic rings. The van der Waals surface area contributed by atoms with Crippen LogP contribution in [0.2, 0.25) is 0 Å². The fourth-order valence-corrected chi connectivity index (χ4v) is 10.1. The van der Waals surface area contributed by atoms with Crippen molar-refractivity contribution in [2.45, 2.75) is 81.0 Å². The van der Waals surface area contributed by atoms with Gasteiger partial charge in [-0.05, 0) is 106 Å². The van der Waals surface area contributed by atoms with Gasteiger partial charge < -0.3 is 15.8 Å². The zero-order chi connectivity index (χ0) is 28.9. The van der Waals surface area contributed by atoms with Gasteiger partial charge in [-0.1, -0.05) is 0 Å². The van der Waals surface area contributed by atoms with Crippen LogP contribution in [0.1, 0.15) is 64.2 Å². The number of halogens is 1. The van der Waals surface area contributed by atoms with Gasteiger partial charge in [-0.25, -0.2) is 22.8 Å². The highest BCUT2D eigenvalue weighted by molar-refractivity contribution is 7.94. The van der Waals surface area contributed by atoms with E-state index in [-0.39, 0.29) is 23.5 Å². The van der Waals surface area contributed by atoms with Gasteiger partial charge in [0, 0.05) is 36.7 Å². The summed E-state index contributed by atoms with van der Waals surface area (Å²) in [6.45, 7) is 0. The summed E-state index contributed by atoms with van der Waals surface area (Å²) in [4.78, 5) is 13.3. The summed E-state index contributed by atoms with van der Waals surface area (Å²) >= 11 is 0. The minimum Gasteiger partial charge on any atom is -0.453 e. The molecule has 0 radical (unpaired) electrons. The number of nitrogens with one attached hydrogen (secondary N) is 2. The molecule has 11 heteroatoms. The molecule has 0 atom stereocenters. The molecule has 5 saturated carbocycles. The SMILES string of the molecule is NC1CCC(Nc2nccc(-c3cnccc3Oc3ccc(NS(=O)(=O)C45CC6CC(CC(C6)C4)C5)cc3F)n2)CC1. The van der Waals surface area contributed by atoms with Gasteiger partial charge in [0.15, 0.2) is 11.6 Å². The first-order valence-corrected chi connectivity index (χ1v) is 16.5. The number of sulfonamides is 1. The number of benzene rings is 1. The molecule has 0 aliphatic heterocycles. The van der Waals surface area contributed by atoms with Crippen molar-refractivity contribution in [1.29, 1.82) is 0 Å². The Balaban J connectivity index is 1.07. The maximum Gasteiger partial charge on any atom is 0.238 e. The van der Waals surface area contributed by atoms with E-state index in [0.717, 1.165) is 44.9 Å². The first-order valence-electron chi connectivity index (χ1n) is 15.0. The lowest BCUT2D eigenvalue weighted by molar-refractivity contribution is 0.0341. The summed E-state index contributed by atoms with van der Waals surface area (Å²) < 4.78 is 50.5. The first-order chi connectivity index (χ1) is 20.2. The van der Waals surface area contributed by atoms with Crippen molar-refractivity contribution < 1.29 is 17.5 Å². The third-order valence-electron chi connectivity index (χ3n) is 9.77. The molecule has 1 aromatic carbocycles. The van der Waals surface area contributed by atoms with E-state index in [1.807, 2.05) is 0 Å². The van der Waals surface area contributed by atoms with E-state index in [9.17, 15) is 8.42 Å². The molecule has 9 nitrogen and oxygen atoms in total. The summed E-state index contributed by atoms with van der Waals surface area (Å²) in [5, 5.41) is 3.40. The van der Waals surface area contributed by atoms with Gasteiger partial charge in [-0.3, -0.25) is 9.71 Å². The molecule has 222 valence electrons.